The molecule has 100 valence electrons. The van der Waals surface area contributed by atoms with Crippen molar-refractivity contribution in [3.63, 3.8) is 0 Å². The Morgan fingerprint density at radius 3 is 2.68 bits per heavy atom. The lowest BCUT2D eigenvalue weighted by molar-refractivity contribution is -0.0356. The molecule has 3 heterocycles. The Hall–Kier alpha value is -1.77. The third kappa shape index (κ3) is 1.68. The summed E-state index contributed by atoms with van der Waals surface area (Å²) in [6, 6.07) is 6.57. The maximum atomic E-state index is 4.56. The van der Waals surface area contributed by atoms with Crippen LogP contribution in [0.4, 0.5) is 0 Å². The van der Waals surface area contributed by atoms with Gasteiger partial charge in [-0.05, 0) is 31.2 Å². The first-order chi connectivity index (χ1) is 9.19. The van der Waals surface area contributed by atoms with E-state index >= 15 is 0 Å². The highest BCUT2D eigenvalue weighted by atomic mass is 15.3. The zero-order chi connectivity index (χ0) is 13.5. The summed E-state index contributed by atoms with van der Waals surface area (Å²) < 4.78 is 0. The number of hydrogen-bond acceptors (Lipinski definition) is 3. The number of nitrogens with zero attached hydrogens (tertiary/aromatic N) is 3. The van der Waals surface area contributed by atoms with Gasteiger partial charge in [0, 0.05) is 37.4 Å². The monoisotopic (exact) mass is 255 g/mol. The summed E-state index contributed by atoms with van der Waals surface area (Å²) >= 11 is 0. The molecule has 3 rings (SSSR count). The number of piperidine rings is 1. The van der Waals surface area contributed by atoms with Gasteiger partial charge in [0.1, 0.15) is 0 Å². The molecule has 0 saturated carbocycles. The largest absolute Gasteiger partial charge is 0.378 e. The predicted octanol–water partition coefficient (Wildman–Crippen LogP) is 2.81. The third-order valence-electron chi connectivity index (χ3n) is 4.83. The molecule has 2 aliphatic heterocycles. The predicted molar refractivity (Wildman–Crippen MR) is 77.3 cm³/mol. The Labute approximate surface area is 115 Å². The van der Waals surface area contributed by atoms with Gasteiger partial charge in [-0.15, -0.1) is 0 Å². The molecule has 1 atom stereocenters. The maximum Gasteiger partial charge on any atom is 0.0819 e. The van der Waals surface area contributed by atoms with Gasteiger partial charge < -0.3 is 9.80 Å². The van der Waals surface area contributed by atoms with Crippen LogP contribution in [0.2, 0.25) is 0 Å². The summed E-state index contributed by atoms with van der Waals surface area (Å²) in [4.78, 5) is 9.14. The molecule has 1 unspecified atom stereocenters. The van der Waals surface area contributed by atoms with Crippen LogP contribution in [0.3, 0.4) is 0 Å². The van der Waals surface area contributed by atoms with Gasteiger partial charge in [-0.25, -0.2) is 0 Å². The van der Waals surface area contributed by atoms with Crippen molar-refractivity contribution in [1.29, 1.82) is 0 Å². The minimum Gasteiger partial charge on any atom is -0.378 e. The van der Waals surface area contributed by atoms with Crippen molar-refractivity contribution >= 4 is 0 Å². The standard InChI is InChI=1S/C16H21N3/c1-4-19-11-8-16(9-12-19)13(2)18(3)15(16)14-7-5-6-10-17-14/h4-7,10,15H,1-2,8-9,11-12H2,3H3. The van der Waals surface area contributed by atoms with Crippen molar-refractivity contribution < 1.29 is 0 Å². The van der Waals surface area contributed by atoms with Crippen LogP contribution in [-0.4, -0.2) is 34.9 Å². The van der Waals surface area contributed by atoms with Gasteiger partial charge in [-0.1, -0.05) is 19.2 Å². The van der Waals surface area contributed by atoms with Crippen molar-refractivity contribution in [3.05, 3.63) is 55.1 Å². The van der Waals surface area contributed by atoms with Crippen LogP contribution in [0.1, 0.15) is 24.6 Å². The lowest BCUT2D eigenvalue weighted by Crippen LogP contribution is -2.58. The van der Waals surface area contributed by atoms with E-state index in [4.69, 9.17) is 0 Å². The highest BCUT2D eigenvalue weighted by Crippen LogP contribution is 2.60. The first-order valence-corrected chi connectivity index (χ1v) is 6.89. The van der Waals surface area contributed by atoms with Crippen LogP contribution in [0.5, 0.6) is 0 Å². The molecular formula is C16H21N3. The molecule has 0 radical (unpaired) electrons. The minimum atomic E-state index is 0.211. The van der Waals surface area contributed by atoms with Crippen LogP contribution < -0.4 is 0 Å². The van der Waals surface area contributed by atoms with Gasteiger partial charge in [0.15, 0.2) is 0 Å². The van der Waals surface area contributed by atoms with E-state index in [9.17, 15) is 0 Å². The van der Waals surface area contributed by atoms with Crippen molar-refractivity contribution in [1.82, 2.24) is 14.8 Å². The molecule has 1 aromatic heterocycles. The van der Waals surface area contributed by atoms with Gasteiger partial charge >= 0.3 is 0 Å². The third-order valence-corrected chi connectivity index (χ3v) is 4.83. The molecule has 3 heteroatoms. The Kier molecular flexibility index (Phi) is 2.85. The molecule has 19 heavy (non-hydrogen) atoms. The first kappa shape index (κ1) is 12.3. The highest BCUT2D eigenvalue weighted by Gasteiger charge is 2.55. The van der Waals surface area contributed by atoms with E-state index < -0.39 is 0 Å². The molecule has 2 saturated heterocycles. The number of likely N-dealkylation sites (tertiary alicyclic amines) is 2. The minimum absolute atomic E-state index is 0.211. The quantitative estimate of drug-likeness (QED) is 0.810. The first-order valence-electron chi connectivity index (χ1n) is 6.89. The summed E-state index contributed by atoms with van der Waals surface area (Å²) in [6.45, 7) is 10.3. The molecule has 1 aromatic rings. The van der Waals surface area contributed by atoms with Crippen LogP contribution in [-0.2, 0) is 0 Å². The molecular weight excluding hydrogens is 234 g/mol. The van der Waals surface area contributed by atoms with E-state index in [1.54, 1.807) is 0 Å². The number of hydrogen-bond donors (Lipinski definition) is 0. The lowest BCUT2D eigenvalue weighted by Gasteiger charge is -2.61. The van der Waals surface area contributed by atoms with Gasteiger partial charge in [0.25, 0.3) is 0 Å². The normalized spacial score (nSPS) is 25.3. The van der Waals surface area contributed by atoms with E-state index in [1.165, 1.54) is 11.4 Å². The average molecular weight is 255 g/mol. The Morgan fingerprint density at radius 2 is 2.11 bits per heavy atom. The van der Waals surface area contributed by atoms with Crippen LogP contribution in [0.15, 0.2) is 49.5 Å². The van der Waals surface area contributed by atoms with Gasteiger partial charge in [-0.3, -0.25) is 4.98 Å². The second-order valence-corrected chi connectivity index (χ2v) is 5.59. The van der Waals surface area contributed by atoms with Gasteiger partial charge in [-0.2, -0.15) is 0 Å². The highest BCUT2D eigenvalue weighted by molar-refractivity contribution is 5.32. The Bertz CT molecular complexity index is 486. The van der Waals surface area contributed by atoms with Crippen LogP contribution >= 0.6 is 0 Å². The smallest absolute Gasteiger partial charge is 0.0819 e. The van der Waals surface area contributed by atoms with Gasteiger partial charge in [0.2, 0.25) is 0 Å². The van der Waals surface area contributed by atoms with Crippen LogP contribution in [0, 0.1) is 5.41 Å². The van der Waals surface area contributed by atoms with Crippen molar-refractivity contribution in [3.8, 4) is 0 Å². The van der Waals surface area contributed by atoms with E-state index in [0.29, 0.717) is 6.04 Å². The summed E-state index contributed by atoms with van der Waals surface area (Å²) in [5, 5.41) is 0. The summed E-state index contributed by atoms with van der Waals surface area (Å²) in [5.74, 6) is 0. The molecule has 0 aliphatic carbocycles. The zero-order valence-corrected chi connectivity index (χ0v) is 11.5. The average Bonchev–Trinajstić information content (AvgIpc) is 2.48. The topological polar surface area (TPSA) is 19.4 Å². The van der Waals surface area contributed by atoms with Crippen molar-refractivity contribution in [2.45, 2.75) is 18.9 Å². The maximum absolute atomic E-state index is 4.56. The summed E-state index contributed by atoms with van der Waals surface area (Å²) in [7, 11) is 2.13. The molecule has 2 fully saturated rings. The van der Waals surface area contributed by atoms with Gasteiger partial charge in [0.05, 0.1) is 11.7 Å². The SMILES string of the molecule is C=CN1CCC2(CC1)C(=C)N(C)C2c1ccccn1. The molecule has 0 amide bonds. The summed E-state index contributed by atoms with van der Waals surface area (Å²) in [5.41, 5.74) is 2.65. The molecule has 0 N–H and O–H groups in total. The fraction of sp³-hybridized carbons (Fsp3) is 0.438. The van der Waals surface area contributed by atoms with E-state index in [1.807, 2.05) is 18.5 Å². The Morgan fingerprint density at radius 1 is 1.37 bits per heavy atom. The number of pyridine rings is 1. The lowest BCUT2D eigenvalue weighted by atomic mass is 9.62. The zero-order valence-electron chi connectivity index (χ0n) is 11.5. The Balaban J connectivity index is 1.88. The fourth-order valence-electron chi connectivity index (χ4n) is 3.66. The van der Waals surface area contributed by atoms with Crippen molar-refractivity contribution in [2.24, 2.45) is 5.41 Å². The second kappa shape index (κ2) is 4.41. The molecule has 0 bridgehead atoms. The number of aromatic nitrogens is 1. The van der Waals surface area contributed by atoms with E-state index in [-0.39, 0.29) is 5.41 Å². The molecule has 0 aromatic carbocycles. The van der Waals surface area contributed by atoms with E-state index in [2.05, 4.69) is 47.1 Å². The van der Waals surface area contributed by atoms with Crippen LogP contribution in [0.25, 0.3) is 0 Å². The molecule has 2 aliphatic rings. The summed E-state index contributed by atoms with van der Waals surface area (Å²) in [6.07, 6.45) is 6.12. The van der Waals surface area contributed by atoms with Crippen molar-refractivity contribution in [2.75, 3.05) is 20.1 Å². The number of rotatable bonds is 2. The second-order valence-electron chi connectivity index (χ2n) is 5.59. The molecule has 3 nitrogen and oxygen atoms in total. The fourth-order valence-corrected chi connectivity index (χ4v) is 3.66. The van der Waals surface area contributed by atoms with E-state index in [0.717, 1.165) is 25.9 Å². The molecule has 1 spiro atoms.